The van der Waals surface area contributed by atoms with E-state index in [2.05, 4.69) is 5.32 Å². The smallest absolute Gasteiger partial charge is 0.308 e. The Hall–Kier alpha value is -1.84. The van der Waals surface area contributed by atoms with E-state index in [0.717, 1.165) is 32.1 Å². The molecule has 0 spiro atoms. The molecule has 21 heavy (non-hydrogen) atoms. The van der Waals surface area contributed by atoms with Crippen molar-refractivity contribution < 1.29 is 14.7 Å². The summed E-state index contributed by atoms with van der Waals surface area (Å²) in [7, 11) is 0. The Morgan fingerprint density at radius 3 is 2.71 bits per heavy atom. The number of rotatable bonds is 6. The number of aliphatic carboxylic acids is 1. The summed E-state index contributed by atoms with van der Waals surface area (Å²) in [5.41, 5.74) is 3.24. The standard InChI is InChI=1S/C17H21NO3/c19-16(14-7-6-12-2-1-3-13(12)9-14)18-10-15(17(20)21)8-11-4-5-11/h6-7,9,11,15H,1-5,8,10H2,(H,18,19)(H,20,21). The van der Waals surface area contributed by atoms with Crippen LogP contribution in [0, 0.1) is 11.8 Å². The molecule has 4 nitrogen and oxygen atoms in total. The molecule has 1 atom stereocenters. The molecular formula is C17H21NO3. The molecule has 0 heterocycles. The lowest BCUT2D eigenvalue weighted by Gasteiger charge is -2.13. The minimum atomic E-state index is -0.809. The highest BCUT2D eigenvalue weighted by Crippen LogP contribution is 2.35. The van der Waals surface area contributed by atoms with Crippen LogP contribution in [-0.2, 0) is 17.6 Å². The Bertz CT molecular complexity index is 563. The summed E-state index contributed by atoms with van der Waals surface area (Å²) in [6, 6.07) is 5.82. The van der Waals surface area contributed by atoms with Crippen LogP contribution in [0.1, 0.15) is 47.2 Å². The first-order valence-electron chi connectivity index (χ1n) is 7.76. The van der Waals surface area contributed by atoms with Crippen molar-refractivity contribution in [3.8, 4) is 0 Å². The molecule has 0 aliphatic heterocycles. The third-order valence-corrected chi connectivity index (χ3v) is 4.53. The molecule has 2 N–H and O–H groups in total. The van der Waals surface area contributed by atoms with E-state index in [9.17, 15) is 14.7 Å². The van der Waals surface area contributed by atoms with E-state index in [1.54, 1.807) is 0 Å². The molecule has 1 saturated carbocycles. The molecule has 4 heteroatoms. The van der Waals surface area contributed by atoms with Gasteiger partial charge in [0.05, 0.1) is 5.92 Å². The molecule has 1 aromatic carbocycles. The van der Waals surface area contributed by atoms with Crippen molar-refractivity contribution in [3.63, 3.8) is 0 Å². The van der Waals surface area contributed by atoms with Gasteiger partial charge >= 0.3 is 5.97 Å². The van der Waals surface area contributed by atoms with E-state index in [1.165, 1.54) is 11.1 Å². The maximum Gasteiger partial charge on any atom is 0.308 e. The number of fused-ring (bicyclic) bond motifs is 1. The van der Waals surface area contributed by atoms with Crippen molar-refractivity contribution in [2.75, 3.05) is 6.54 Å². The van der Waals surface area contributed by atoms with E-state index in [1.807, 2.05) is 18.2 Å². The quantitative estimate of drug-likeness (QED) is 0.844. The van der Waals surface area contributed by atoms with Gasteiger partial charge in [-0.25, -0.2) is 0 Å². The summed E-state index contributed by atoms with van der Waals surface area (Å²) in [6.45, 7) is 0.224. The Kier molecular flexibility index (Phi) is 3.95. The summed E-state index contributed by atoms with van der Waals surface area (Å²) in [4.78, 5) is 23.4. The van der Waals surface area contributed by atoms with Gasteiger partial charge in [0, 0.05) is 12.1 Å². The lowest BCUT2D eigenvalue weighted by molar-refractivity contribution is -0.141. The first-order valence-corrected chi connectivity index (χ1v) is 7.76. The van der Waals surface area contributed by atoms with Gasteiger partial charge in [-0.2, -0.15) is 0 Å². The van der Waals surface area contributed by atoms with E-state index in [-0.39, 0.29) is 12.5 Å². The van der Waals surface area contributed by atoms with Crippen molar-refractivity contribution in [2.24, 2.45) is 11.8 Å². The second-order valence-electron chi connectivity index (χ2n) is 6.26. The van der Waals surface area contributed by atoms with Gasteiger partial charge in [0.15, 0.2) is 0 Å². The first-order chi connectivity index (χ1) is 10.1. The van der Waals surface area contributed by atoms with E-state index in [0.29, 0.717) is 17.9 Å². The topological polar surface area (TPSA) is 66.4 Å². The molecule has 112 valence electrons. The average Bonchev–Trinajstić information content (AvgIpc) is 3.16. The summed E-state index contributed by atoms with van der Waals surface area (Å²) < 4.78 is 0. The monoisotopic (exact) mass is 287 g/mol. The number of hydrogen-bond donors (Lipinski definition) is 2. The number of benzene rings is 1. The highest BCUT2D eigenvalue weighted by atomic mass is 16.4. The fourth-order valence-electron chi connectivity index (χ4n) is 3.06. The minimum Gasteiger partial charge on any atom is -0.481 e. The third kappa shape index (κ3) is 3.43. The second-order valence-corrected chi connectivity index (χ2v) is 6.26. The number of carboxylic acid groups (broad SMARTS) is 1. The number of nitrogens with one attached hydrogen (secondary N) is 1. The SMILES string of the molecule is O=C(NCC(CC1CC1)C(=O)O)c1ccc2c(c1)CCC2. The van der Waals surface area contributed by atoms with Gasteiger partial charge in [-0.1, -0.05) is 18.9 Å². The van der Waals surface area contributed by atoms with Gasteiger partial charge in [-0.15, -0.1) is 0 Å². The van der Waals surface area contributed by atoms with Gasteiger partial charge < -0.3 is 10.4 Å². The normalized spacial score (nSPS) is 18.1. The lowest BCUT2D eigenvalue weighted by atomic mass is 10.0. The van der Waals surface area contributed by atoms with Crippen LogP contribution in [0.4, 0.5) is 0 Å². The number of hydrogen-bond acceptors (Lipinski definition) is 2. The molecule has 1 unspecified atom stereocenters. The molecule has 2 aliphatic carbocycles. The van der Waals surface area contributed by atoms with Gasteiger partial charge in [-0.05, 0) is 54.9 Å². The largest absolute Gasteiger partial charge is 0.481 e. The van der Waals surface area contributed by atoms with Crippen LogP contribution >= 0.6 is 0 Å². The highest BCUT2D eigenvalue weighted by molar-refractivity contribution is 5.94. The number of carboxylic acids is 1. The van der Waals surface area contributed by atoms with Crippen LogP contribution in [-0.4, -0.2) is 23.5 Å². The fourth-order valence-corrected chi connectivity index (χ4v) is 3.06. The number of aryl methyl sites for hydroxylation is 2. The average molecular weight is 287 g/mol. The fraction of sp³-hybridized carbons (Fsp3) is 0.529. The zero-order chi connectivity index (χ0) is 14.8. The minimum absolute atomic E-state index is 0.160. The van der Waals surface area contributed by atoms with Crippen molar-refractivity contribution >= 4 is 11.9 Å². The predicted molar refractivity (Wildman–Crippen MR) is 79.3 cm³/mol. The molecule has 3 rings (SSSR count). The van der Waals surface area contributed by atoms with Crippen LogP contribution in [0.2, 0.25) is 0 Å². The summed E-state index contributed by atoms with van der Waals surface area (Å²) in [6.07, 6.45) is 6.23. The molecule has 1 amide bonds. The van der Waals surface area contributed by atoms with Crippen LogP contribution < -0.4 is 5.32 Å². The molecule has 1 aromatic rings. The Morgan fingerprint density at radius 2 is 2.00 bits per heavy atom. The van der Waals surface area contributed by atoms with Gasteiger partial charge in [-0.3, -0.25) is 9.59 Å². The van der Waals surface area contributed by atoms with Crippen LogP contribution in [0.25, 0.3) is 0 Å². The Labute approximate surface area is 124 Å². The number of carbonyl (C=O) groups is 2. The van der Waals surface area contributed by atoms with Gasteiger partial charge in [0.1, 0.15) is 0 Å². The first kappa shape index (κ1) is 14.1. The molecule has 0 saturated heterocycles. The molecule has 1 fully saturated rings. The van der Waals surface area contributed by atoms with Gasteiger partial charge in [0.25, 0.3) is 5.91 Å². The number of amides is 1. The maximum atomic E-state index is 12.2. The second kappa shape index (κ2) is 5.88. The van der Waals surface area contributed by atoms with Crippen LogP contribution in [0.3, 0.4) is 0 Å². The van der Waals surface area contributed by atoms with Crippen molar-refractivity contribution in [1.82, 2.24) is 5.32 Å². The van der Waals surface area contributed by atoms with Gasteiger partial charge in [0.2, 0.25) is 0 Å². The van der Waals surface area contributed by atoms with Crippen LogP contribution in [0.5, 0.6) is 0 Å². The predicted octanol–water partition coefficient (Wildman–Crippen LogP) is 2.41. The lowest BCUT2D eigenvalue weighted by Crippen LogP contribution is -2.33. The summed E-state index contributed by atoms with van der Waals surface area (Å²) in [5.74, 6) is -0.887. The third-order valence-electron chi connectivity index (χ3n) is 4.53. The summed E-state index contributed by atoms with van der Waals surface area (Å²) in [5, 5.41) is 12.0. The molecule has 0 aromatic heterocycles. The van der Waals surface area contributed by atoms with E-state index in [4.69, 9.17) is 0 Å². The van der Waals surface area contributed by atoms with E-state index >= 15 is 0 Å². The molecular weight excluding hydrogens is 266 g/mol. The number of carbonyl (C=O) groups excluding carboxylic acids is 1. The molecule has 2 aliphatic rings. The maximum absolute atomic E-state index is 12.2. The van der Waals surface area contributed by atoms with Crippen molar-refractivity contribution in [2.45, 2.75) is 38.5 Å². The molecule has 0 bridgehead atoms. The molecule has 0 radical (unpaired) electrons. The summed E-state index contributed by atoms with van der Waals surface area (Å²) >= 11 is 0. The highest BCUT2D eigenvalue weighted by Gasteiger charge is 2.29. The zero-order valence-electron chi connectivity index (χ0n) is 12.1. The Balaban J connectivity index is 1.58. The zero-order valence-corrected chi connectivity index (χ0v) is 12.1. The van der Waals surface area contributed by atoms with E-state index < -0.39 is 11.9 Å². The van der Waals surface area contributed by atoms with Crippen molar-refractivity contribution in [3.05, 3.63) is 34.9 Å². The van der Waals surface area contributed by atoms with Crippen LogP contribution in [0.15, 0.2) is 18.2 Å². The van der Waals surface area contributed by atoms with Crippen molar-refractivity contribution in [1.29, 1.82) is 0 Å². The Morgan fingerprint density at radius 1 is 1.24 bits per heavy atom.